The van der Waals surface area contributed by atoms with Gasteiger partial charge in [-0.25, -0.2) is 29.3 Å². The van der Waals surface area contributed by atoms with Crippen molar-refractivity contribution in [1.82, 2.24) is 24.9 Å². The monoisotopic (exact) mass is 583 g/mol. The van der Waals surface area contributed by atoms with Crippen LogP contribution >= 0.6 is 11.3 Å². The Morgan fingerprint density at radius 3 is 2.39 bits per heavy atom. The molecule has 2 aromatic carbocycles. The fraction of sp³-hybridized carbons (Fsp3) is 0.259. The zero-order valence-electron chi connectivity index (χ0n) is 22.1. The zero-order chi connectivity index (χ0) is 29.4. The van der Waals surface area contributed by atoms with Crippen molar-refractivity contribution in [2.24, 2.45) is 0 Å². The fourth-order valence-corrected chi connectivity index (χ4v) is 5.21. The second-order valence-corrected chi connectivity index (χ2v) is 10.3. The third-order valence-corrected chi connectivity index (χ3v) is 7.34. The molecule has 3 aromatic heterocycles. The van der Waals surface area contributed by atoms with Crippen LogP contribution in [-0.2, 0) is 0 Å². The molecule has 5 aromatic rings. The number of hydrogen-bond donors (Lipinski definition) is 0. The van der Waals surface area contributed by atoms with Gasteiger partial charge in [0.2, 0.25) is 5.88 Å². The Labute approximate surface area is 235 Å². The molecular formula is C27H22F3N6O4S-. The molecule has 1 amide bonds. The lowest BCUT2D eigenvalue weighted by atomic mass is 10.1. The first-order chi connectivity index (χ1) is 19.5. The lowest BCUT2D eigenvalue weighted by molar-refractivity contribution is -0.247. The molecule has 5 rings (SSSR count). The molecule has 0 aliphatic carbocycles. The van der Waals surface area contributed by atoms with Gasteiger partial charge in [-0.05, 0) is 45.4 Å². The van der Waals surface area contributed by atoms with Crippen LogP contribution in [0.2, 0.25) is 0 Å². The number of rotatable bonds is 8. The first-order valence-corrected chi connectivity index (χ1v) is 13.1. The summed E-state index contributed by atoms with van der Waals surface area (Å²) in [5.74, 6) is -0.616. The maximum absolute atomic E-state index is 15.1. The van der Waals surface area contributed by atoms with E-state index in [2.05, 4.69) is 29.7 Å². The number of carboxylic acid groups (broad SMARTS) is 1. The van der Waals surface area contributed by atoms with E-state index in [1.54, 1.807) is 26.8 Å². The Balaban J connectivity index is 1.45. The number of aromatic nitrogens is 5. The van der Waals surface area contributed by atoms with Crippen LogP contribution in [0, 0.1) is 19.7 Å². The number of hydrogen-bond acceptors (Lipinski definition) is 10. The summed E-state index contributed by atoms with van der Waals surface area (Å²) < 4.78 is 51.2. The maximum Gasteiger partial charge on any atom is 0.388 e. The van der Waals surface area contributed by atoms with Gasteiger partial charge >= 0.3 is 6.61 Å². The highest BCUT2D eigenvalue weighted by Crippen LogP contribution is 2.37. The van der Waals surface area contributed by atoms with E-state index in [1.807, 2.05) is 13.0 Å². The van der Waals surface area contributed by atoms with Crippen LogP contribution in [0.5, 0.6) is 11.6 Å². The Morgan fingerprint density at radius 1 is 0.976 bits per heavy atom. The highest BCUT2D eigenvalue weighted by atomic mass is 32.1. The molecular weight excluding hydrogens is 561 g/mol. The minimum Gasteiger partial charge on any atom is -0.530 e. The number of carbonyl (C=O) groups is 1. The summed E-state index contributed by atoms with van der Waals surface area (Å²) in [6.45, 7) is 3.66. The number of fused-ring (bicyclic) bond motifs is 2. The third kappa shape index (κ3) is 5.82. The second kappa shape index (κ2) is 11.1. The van der Waals surface area contributed by atoms with Crippen molar-refractivity contribution in [3.63, 3.8) is 0 Å². The summed E-state index contributed by atoms with van der Waals surface area (Å²) in [6, 6.07) is 5.44. The lowest BCUT2D eigenvalue weighted by Crippen LogP contribution is -2.52. The first kappa shape index (κ1) is 28.0. The van der Waals surface area contributed by atoms with E-state index < -0.39 is 30.7 Å². The van der Waals surface area contributed by atoms with E-state index in [0.29, 0.717) is 37.6 Å². The molecule has 0 aliphatic heterocycles. The van der Waals surface area contributed by atoms with E-state index in [1.165, 1.54) is 35.9 Å². The Morgan fingerprint density at radius 2 is 1.71 bits per heavy atom. The average molecular weight is 584 g/mol. The van der Waals surface area contributed by atoms with Gasteiger partial charge in [-0.1, -0.05) is 0 Å². The van der Waals surface area contributed by atoms with Crippen LogP contribution < -0.4 is 19.5 Å². The van der Waals surface area contributed by atoms with E-state index in [9.17, 15) is 18.7 Å². The van der Waals surface area contributed by atoms with Gasteiger partial charge in [0.1, 0.15) is 23.0 Å². The van der Waals surface area contributed by atoms with Gasteiger partial charge in [-0.2, -0.15) is 8.78 Å². The normalized spacial score (nSPS) is 13.0. The molecule has 0 radical (unpaired) electrons. The zero-order valence-corrected chi connectivity index (χ0v) is 22.9. The molecule has 0 bridgehead atoms. The van der Waals surface area contributed by atoms with E-state index >= 15 is 4.39 Å². The molecule has 41 heavy (non-hydrogen) atoms. The summed E-state index contributed by atoms with van der Waals surface area (Å²) in [5.41, 5.74) is 2.69. The number of benzene rings is 2. The number of nitrogens with zero attached hydrogens (tertiary/aromatic N) is 6. The lowest BCUT2D eigenvalue weighted by Gasteiger charge is -2.34. The largest absolute Gasteiger partial charge is 0.530 e. The standard InChI is InChI=1S/C27H23F3N6O4S/c1-12-5-17(24-20(6-12)34-23(11-33-24)40-26(29)30)25-35-19-7-18(28)21(8-22(19)41-25)39-14(3)13(2)36(27(37)38)16-9-31-15(4)32-10-16/h5-11,13-14,26H,1-4H3,(H,37,38)/p-1/t13-,14+/m1/s1. The van der Waals surface area contributed by atoms with Crippen LogP contribution in [0.25, 0.3) is 31.8 Å². The number of alkyl halides is 2. The number of aryl methyl sites for hydroxylation is 2. The summed E-state index contributed by atoms with van der Waals surface area (Å²) >= 11 is 1.25. The van der Waals surface area contributed by atoms with Crippen molar-refractivity contribution in [2.45, 2.75) is 46.5 Å². The minimum absolute atomic E-state index is 0.0896. The molecule has 0 aliphatic rings. The van der Waals surface area contributed by atoms with Crippen molar-refractivity contribution in [3.05, 3.63) is 60.1 Å². The van der Waals surface area contributed by atoms with Crippen LogP contribution in [0.4, 0.5) is 23.7 Å². The van der Waals surface area contributed by atoms with Crippen molar-refractivity contribution < 1.29 is 32.5 Å². The summed E-state index contributed by atoms with van der Waals surface area (Å²) in [6.07, 6.45) is 1.55. The smallest absolute Gasteiger partial charge is 0.388 e. The summed E-state index contributed by atoms with van der Waals surface area (Å²) in [7, 11) is 0. The van der Waals surface area contributed by atoms with Crippen molar-refractivity contribution in [2.75, 3.05) is 4.90 Å². The molecule has 14 heteroatoms. The highest BCUT2D eigenvalue weighted by molar-refractivity contribution is 7.21. The molecule has 0 spiro atoms. The molecule has 0 saturated carbocycles. The molecule has 2 atom stereocenters. The quantitative estimate of drug-likeness (QED) is 0.246. The highest BCUT2D eigenvalue weighted by Gasteiger charge is 2.25. The van der Waals surface area contributed by atoms with Crippen LogP contribution in [0.3, 0.4) is 0 Å². The van der Waals surface area contributed by atoms with Crippen LogP contribution in [0.1, 0.15) is 25.2 Å². The number of halogens is 3. The van der Waals surface area contributed by atoms with E-state index in [-0.39, 0.29) is 17.3 Å². The number of anilines is 1. The summed E-state index contributed by atoms with van der Waals surface area (Å²) in [5, 5.41) is 12.4. The molecule has 0 unspecified atom stereocenters. The van der Waals surface area contributed by atoms with Gasteiger partial charge in [-0.3, -0.25) is 0 Å². The predicted molar refractivity (Wildman–Crippen MR) is 144 cm³/mol. The van der Waals surface area contributed by atoms with E-state index in [0.717, 1.165) is 16.7 Å². The molecule has 0 saturated heterocycles. The first-order valence-electron chi connectivity index (χ1n) is 12.3. The number of carbonyl (C=O) groups excluding carboxylic acids is 1. The van der Waals surface area contributed by atoms with Crippen LogP contribution in [0.15, 0.2) is 42.9 Å². The SMILES string of the molecule is Cc1cc(-c2nc3cc(F)c(O[C@@H](C)[C@@H](C)N(C(=O)[O-])c4cnc(C)nc4)cc3s2)c2ncc(OC(F)F)nc2c1. The fourth-order valence-electron chi connectivity index (χ4n) is 4.22. The molecule has 0 fully saturated rings. The molecule has 3 heterocycles. The number of amides is 1. The number of thiazole rings is 1. The van der Waals surface area contributed by atoms with Crippen molar-refractivity contribution >= 4 is 44.4 Å². The van der Waals surface area contributed by atoms with E-state index in [4.69, 9.17) is 4.74 Å². The van der Waals surface area contributed by atoms with Gasteiger partial charge in [-0.15, -0.1) is 11.3 Å². The van der Waals surface area contributed by atoms with Gasteiger partial charge in [0.15, 0.2) is 11.6 Å². The van der Waals surface area contributed by atoms with Gasteiger partial charge in [0.05, 0.1) is 51.6 Å². The Bertz CT molecular complexity index is 1750. The maximum atomic E-state index is 15.1. The average Bonchev–Trinajstić information content (AvgIpc) is 3.31. The summed E-state index contributed by atoms with van der Waals surface area (Å²) in [4.78, 5) is 33.9. The number of ether oxygens (including phenoxy) is 2. The Kier molecular flexibility index (Phi) is 7.58. The van der Waals surface area contributed by atoms with Crippen molar-refractivity contribution in [3.8, 4) is 22.2 Å². The van der Waals surface area contributed by atoms with Crippen LogP contribution in [-0.4, -0.2) is 49.8 Å². The van der Waals surface area contributed by atoms with Gasteiger partial charge in [0.25, 0.3) is 0 Å². The topological polar surface area (TPSA) is 126 Å². The predicted octanol–water partition coefficient (Wildman–Crippen LogP) is 5.06. The van der Waals surface area contributed by atoms with Gasteiger partial charge in [0, 0.05) is 17.7 Å². The van der Waals surface area contributed by atoms with Gasteiger partial charge < -0.3 is 24.3 Å². The second-order valence-electron chi connectivity index (χ2n) is 9.22. The van der Waals surface area contributed by atoms with Crippen molar-refractivity contribution in [1.29, 1.82) is 0 Å². The third-order valence-electron chi connectivity index (χ3n) is 6.29. The molecule has 10 nitrogen and oxygen atoms in total. The minimum atomic E-state index is -3.03. The molecule has 212 valence electrons. The molecule has 0 N–H and O–H groups in total. The Hall–Kier alpha value is -4.59.